The number of fused-ring (bicyclic) bond motifs is 9. The summed E-state index contributed by atoms with van der Waals surface area (Å²) >= 11 is 0. The van der Waals surface area contributed by atoms with Gasteiger partial charge in [-0.05, 0) is 53.6 Å². The Labute approximate surface area is 362 Å². The Morgan fingerprint density at radius 1 is 0.403 bits per heavy atom. The van der Waals surface area contributed by atoms with Gasteiger partial charge in [0.25, 0.3) is 0 Å². The van der Waals surface area contributed by atoms with Crippen molar-refractivity contribution in [2.24, 2.45) is 0 Å². The molecule has 0 amide bonds. The van der Waals surface area contributed by atoms with E-state index < -0.39 is 0 Å². The Morgan fingerprint density at radius 3 is 1.63 bits per heavy atom. The van der Waals surface area contributed by atoms with Crippen molar-refractivity contribution < 1.29 is 4.42 Å². The zero-order chi connectivity index (χ0) is 41.8. The van der Waals surface area contributed by atoms with Gasteiger partial charge in [0, 0.05) is 32.5 Å². The Hall–Kier alpha value is -7.51. The van der Waals surface area contributed by atoms with Crippen LogP contribution in [0.3, 0.4) is 0 Å². The van der Waals surface area contributed by atoms with E-state index in [0.29, 0.717) is 17.6 Å². The quantitative estimate of drug-likeness (QED) is 0.245. The van der Waals surface area contributed by atoms with E-state index in [1.165, 1.54) is 49.2 Å². The summed E-state index contributed by atoms with van der Waals surface area (Å²) in [4.78, 5) is 16.1. The maximum atomic E-state index is 6.99. The van der Waals surface area contributed by atoms with Gasteiger partial charge in [-0.1, -0.05) is 126 Å². The van der Waals surface area contributed by atoms with Crippen molar-refractivity contribution in [1.29, 1.82) is 0 Å². The molecule has 4 aromatic heterocycles. The first-order valence-electron chi connectivity index (χ1n) is 21.2. The molecular weight excluding hydrogens is 753 g/mol. The van der Waals surface area contributed by atoms with E-state index >= 15 is 0 Å². The highest BCUT2D eigenvalue weighted by Crippen LogP contribution is 2.42. The number of benzene rings is 8. The van der Waals surface area contributed by atoms with Crippen LogP contribution >= 0.6 is 0 Å². The lowest BCUT2D eigenvalue weighted by Gasteiger charge is -2.20. The summed E-state index contributed by atoms with van der Waals surface area (Å²) in [6, 6.07) is 55.8. The molecule has 0 saturated carbocycles. The number of hydrogen-bond donors (Lipinski definition) is 0. The van der Waals surface area contributed by atoms with Gasteiger partial charge in [0.2, 0.25) is 5.95 Å². The SMILES string of the molecule is Bc1c(B)c(B)c(-c2nc(-c3cccc4c3oc3cccc(-n5c6ccccc6c6ccc(-c7ccccc7)cc65)c34)nc(-n3c4ccccc4c4ccccc43)n2)c(B)c1B. The van der Waals surface area contributed by atoms with E-state index in [9.17, 15) is 0 Å². The number of para-hydroxylation sites is 4. The van der Waals surface area contributed by atoms with Crippen LogP contribution in [0.2, 0.25) is 0 Å². The molecule has 6 nitrogen and oxygen atoms in total. The number of furan rings is 1. The smallest absolute Gasteiger partial charge is 0.238 e. The maximum absolute atomic E-state index is 6.99. The van der Waals surface area contributed by atoms with Crippen molar-refractivity contribution in [2.45, 2.75) is 0 Å². The Bertz CT molecular complexity index is 3750. The molecule has 12 aromatic rings. The van der Waals surface area contributed by atoms with Crippen molar-refractivity contribution in [3.05, 3.63) is 158 Å². The van der Waals surface area contributed by atoms with Crippen LogP contribution in [0, 0.1) is 0 Å². The first-order chi connectivity index (χ1) is 30.4. The molecule has 0 aliphatic carbocycles. The van der Waals surface area contributed by atoms with Gasteiger partial charge in [-0.15, -0.1) is 16.4 Å². The molecule has 0 spiro atoms. The third-order valence-electron chi connectivity index (χ3n) is 13.4. The summed E-state index contributed by atoms with van der Waals surface area (Å²) in [7, 11) is 11.0. The molecule has 11 heteroatoms. The van der Waals surface area contributed by atoms with Gasteiger partial charge in [0.05, 0.1) is 38.7 Å². The highest BCUT2D eigenvalue weighted by atomic mass is 16.3. The molecule has 0 fully saturated rings. The molecule has 0 saturated heterocycles. The average Bonchev–Trinajstić information content (AvgIpc) is 3.98. The monoisotopic (exact) mass is 789 g/mol. The van der Waals surface area contributed by atoms with Crippen LogP contribution in [0.1, 0.15) is 0 Å². The fourth-order valence-electron chi connectivity index (χ4n) is 9.90. The molecule has 0 bridgehead atoms. The van der Waals surface area contributed by atoms with Crippen molar-refractivity contribution >= 4 is 132 Å². The van der Waals surface area contributed by atoms with Gasteiger partial charge < -0.3 is 8.98 Å². The second-order valence-electron chi connectivity index (χ2n) is 16.5. The van der Waals surface area contributed by atoms with Crippen LogP contribution in [-0.2, 0) is 0 Å². The first-order valence-corrected chi connectivity index (χ1v) is 21.2. The molecule has 0 aliphatic heterocycles. The van der Waals surface area contributed by atoms with Crippen LogP contribution in [-0.4, -0.2) is 63.3 Å². The predicted octanol–water partition coefficient (Wildman–Crippen LogP) is 4.26. The predicted molar refractivity (Wildman–Crippen MR) is 273 cm³/mol. The van der Waals surface area contributed by atoms with Crippen LogP contribution in [0.15, 0.2) is 162 Å². The van der Waals surface area contributed by atoms with E-state index in [1.54, 1.807) is 0 Å². The van der Waals surface area contributed by atoms with Crippen LogP contribution in [0.5, 0.6) is 0 Å². The zero-order valence-electron chi connectivity index (χ0n) is 35.2. The summed E-state index contributed by atoms with van der Waals surface area (Å²) in [6.07, 6.45) is 0. The van der Waals surface area contributed by atoms with Crippen LogP contribution in [0.25, 0.3) is 111 Å². The number of rotatable bonds is 5. The van der Waals surface area contributed by atoms with Gasteiger partial charge in [0.15, 0.2) is 11.6 Å². The lowest BCUT2D eigenvalue weighted by atomic mass is 9.60. The topological polar surface area (TPSA) is 61.7 Å². The van der Waals surface area contributed by atoms with Crippen molar-refractivity contribution in [1.82, 2.24) is 24.1 Å². The summed E-state index contributed by atoms with van der Waals surface area (Å²) in [5.41, 5.74) is 17.2. The molecule has 4 heterocycles. The molecule has 12 rings (SSSR count). The minimum absolute atomic E-state index is 0.553. The largest absolute Gasteiger partial charge is 0.455 e. The van der Waals surface area contributed by atoms with E-state index in [0.717, 1.165) is 71.6 Å². The fraction of sp³-hybridized carbons (Fsp3) is 0. The Kier molecular flexibility index (Phi) is 8.07. The summed E-state index contributed by atoms with van der Waals surface area (Å²) in [5, 5.41) is 6.73. The second kappa shape index (κ2) is 13.8. The zero-order valence-corrected chi connectivity index (χ0v) is 35.2. The molecule has 8 aromatic carbocycles. The van der Waals surface area contributed by atoms with Crippen molar-refractivity contribution in [3.63, 3.8) is 0 Å². The summed E-state index contributed by atoms with van der Waals surface area (Å²) < 4.78 is 11.6. The third kappa shape index (κ3) is 5.27. The summed E-state index contributed by atoms with van der Waals surface area (Å²) in [5.74, 6) is 1.75. The Balaban J connectivity index is 1.14. The maximum Gasteiger partial charge on any atom is 0.238 e. The first kappa shape index (κ1) is 36.4. The molecular formula is C51H36B5N5O. The van der Waals surface area contributed by atoms with Crippen molar-refractivity contribution in [2.75, 3.05) is 0 Å². The van der Waals surface area contributed by atoms with E-state index in [4.69, 9.17) is 19.4 Å². The van der Waals surface area contributed by atoms with Gasteiger partial charge in [0.1, 0.15) is 50.4 Å². The summed E-state index contributed by atoms with van der Waals surface area (Å²) in [6.45, 7) is 0. The molecule has 0 radical (unpaired) electrons. The Morgan fingerprint density at radius 2 is 0.952 bits per heavy atom. The van der Waals surface area contributed by atoms with Gasteiger partial charge in [-0.2, -0.15) is 9.97 Å². The molecule has 62 heavy (non-hydrogen) atoms. The fourth-order valence-corrected chi connectivity index (χ4v) is 9.90. The lowest BCUT2D eigenvalue weighted by Crippen LogP contribution is -2.55. The number of hydrogen-bond acceptors (Lipinski definition) is 4. The molecule has 0 N–H and O–H groups in total. The molecule has 0 unspecified atom stereocenters. The number of nitrogens with zero attached hydrogens (tertiary/aromatic N) is 5. The third-order valence-corrected chi connectivity index (χ3v) is 13.4. The number of aromatic nitrogens is 5. The molecule has 0 aliphatic rings. The van der Waals surface area contributed by atoms with E-state index in [-0.39, 0.29) is 0 Å². The average molecular weight is 789 g/mol. The molecule has 0 atom stereocenters. The molecule has 286 valence electrons. The lowest BCUT2D eigenvalue weighted by molar-refractivity contribution is 0.669. The highest BCUT2D eigenvalue weighted by Gasteiger charge is 2.24. The minimum atomic E-state index is 0.553. The highest BCUT2D eigenvalue weighted by molar-refractivity contribution is 6.68. The van der Waals surface area contributed by atoms with Crippen LogP contribution < -0.4 is 27.3 Å². The van der Waals surface area contributed by atoms with Crippen LogP contribution in [0.4, 0.5) is 0 Å². The van der Waals surface area contributed by atoms with E-state index in [1.807, 2.05) is 0 Å². The van der Waals surface area contributed by atoms with E-state index in [2.05, 4.69) is 206 Å². The van der Waals surface area contributed by atoms with Gasteiger partial charge in [-0.25, -0.2) is 4.98 Å². The van der Waals surface area contributed by atoms with Gasteiger partial charge >= 0.3 is 0 Å². The normalized spacial score (nSPS) is 11.9. The van der Waals surface area contributed by atoms with Gasteiger partial charge in [-0.3, -0.25) is 4.57 Å². The minimum Gasteiger partial charge on any atom is -0.455 e. The second-order valence-corrected chi connectivity index (χ2v) is 16.5. The van der Waals surface area contributed by atoms with Crippen molar-refractivity contribution in [3.8, 4) is 45.5 Å². The standard InChI is InChI=1S/C51H36B5N5O/c52-43-42(44(53)46(55)47(56)45(43)54)50-57-49(58-51(59-50)61-36-20-8-5-14-29(36)30-15-6-9-21-37(30)61)34-18-10-17-33-41-38(22-11-23-40(41)62-48(33)34)60-35-19-7-4-16-31(35)32-25-24-28(26-39(32)60)27-12-2-1-3-13-27/h1-26H,52-56H2.